The van der Waals surface area contributed by atoms with Crippen molar-refractivity contribution in [2.75, 3.05) is 6.54 Å². The van der Waals surface area contributed by atoms with Crippen LogP contribution in [-0.2, 0) is 0 Å². The maximum atomic E-state index is 13.1. The monoisotopic (exact) mass is 292 g/mol. The lowest BCUT2D eigenvalue weighted by molar-refractivity contribution is 0.0705. The summed E-state index contributed by atoms with van der Waals surface area (Å²) >= 11 is 0. The molecule has 2 atom stereocenters. The van der Waals surface area contributed by atoms with Gasteiger partial charge in [0.1, 0.15) is 0 Å². The van der Waals surface area contributed by atoms with E-state index in [1.54, 1.807) is 0 Å². The zero-order valence-corrected chi connectivity index (χ0v) is 12.7. The maximum Gasteiger partial charge on any atom is 0.254 e. The van der Waals surface area contributed by atoms with Gasteiger partial charge in [-0.15, -0.1) is 0 Å². The summed E-state index contributed by atoms with van der Waals surface area (Å²) in [5.74, 6) is 1.55. The SMILES string of the molecule is O=C(c1cc(C2CC2)nc2ccccc12)N1CC2CCC1C2. The lowest BCUT2D eigenvalue weighted by atomic mass is 10.0. The van der Waals surface area contributed by atoms with Crippen LogP contribution in [0.3, 0.4) is 0 Å². The molecule has 1 aliphatic heterocycles. The number of aromatic nitrogens is 1. The van der Waals surface area contributed by atoms with Gasteiger partial charge in [-0.3, -0.25) is 9.78 Å². The Morgan fingerprint density at radius 3 is 2.73 bits per heavy atom. The minimum atomic E-state index is 0.229. The normalized spacial score (nSPS) is 26.8. The highest BCUT2D eigenvalue weighted by Crippen LogP contribution is 2.42. The number of fused-ring (bicyclic) bond motifs is 3. The fourth-order valence-electron chi connectivity index (χ4n) is 4.29. The second kappa shape index (κ2) is 4.55. The zero-order chi connectivity index (χ0) is 14.7. The molecule has 2 heterocycles. The Balaban J connectivity index is 1.61. The first-order valence-electron chi connectivity index (χ1n) is 8.50. The van der Waals surface area contributed by atoms with Crippen molar-refractivity contribution < 1.29 is 4.79 Å². The molecular formula is C19H20N2O. The number of benzene rings is 1. The molecule has 1 amide bonds. The molecular weight excluding hydrogens is 272 g/mol. The highest BCUT2D eigenvalue weighted by atomic mass is 16.2. The van der Waals surface area contributed by atoms with Crippen LogP contribution in [0.15, 0.2) is 30.3 Å². The molecule has 2 unspecified atom stereocenters. The first kappa shape index (κ1) is 12.6. The van der Waals surface area contributed by atoms with Crippen molar-refractivity contribution in [3.63, 3.8) is 0 Å². The average molecular weight is 292 g/mol. The largest absolute Gasteiger partial charge is 0.335 e. The standard InChI is InChI=1S/C19H20N2O/c22-19(21-11-12-5-8-14(21)9-12)16-10-18(13-6-7-13)20-17-4-2-1-3-15(16)17/h1-4,10,12-14H,5-9,11H2. The van der Waals surface area contributed by atoms with Gasteiger partial charge >= 0.3 is 0 Å². The van der Waals surface area contributed by atoms with Crippen LogP contribution in [0.1, 0.15) is 54.1 Å². The summed E-state index contributed by atoms with van der Waals surface area (Å²) in [6, 6.07) is 10.7. The Hall–Kier alpha value is -1.90. The molecule has 3 heteroatoms. The molecule has 2 saturated carbocycles. The number of piperidine rings is 1. The fraction of sp³-hybridized carbons (Fsp3) is 0.474. The van der Waals surface area contributed by atoms with Crippen LogP contribution < -0.4 is 0 Å². The van der Waals surface area contributed by atoms with Gasteiger partial charge in [-0.1, -0.05) is 18.2 Å². The molecule has 2 aliphatic carbocycles. The topological polar surface area (TPSA) is 33.2 Å². The van der Waals surface area contributed by atoms with E-state index in [0.717, 1.165) is 34.6 Å². The predicted molar refractivity (Wildman–Crippen MR) is 85.9 cm³/mol. The molecule has 2 aromatic rings. The molecule has 1 aromatic heterocycles. The van der Waals surface area contributed by atoms with Gasteiger partial charge in [0.05, 0.1) is 11.1 Å². The number of amides is 1. The number of carbonyl (C=O) groups excluding carboxylic acids is 1. The van der Waals surface area contributed by atoms with Gasteiger partial charge in [0.15, 0.2) is 0 Å². The van der Waals surface area contributed by atoms with Crippen molar-refractivity contribution in [2.24, 2.45) is 5.92 Å². The van der Waals surface area contributed by atoms with E-state index in [0.29, 0.717) is 12.0 Å². The van der Waals surface area contributed by atoms with Crippen molar-refractivity contribution in [2.45, 2.75) is 44.1 Å². The van der Waals surface area contributed by atoms with E-state index < -0.39 is 0 Å². The van der Waals surface area contributed by atoms with Gasteiger partial charge in [-0.05, 0) is 50.2 Å². The smallest absolute Gasteiger partial charge is 0.254 e. The second-order valence-corrected chi connectivity index (χ2v) is 7.18. The van der Waals surface area contributed by atoms with E-state index in [4.69, 9.17) is 4.98 Å². The molecule has 112 valence electrons. The van der Waals surface area contributed by atoms with E-state index in [9.17, 15) is 4.79 Å². The maximum absolute atomic E-state index is 13.1. The van der Waals surface area contributed by atoms with Crippen LogP contribution in [0.4, 0.5) is 0 Å². The molecule has 1 saturated heterocycles. The van der Waals surface area contributed by atoms with E-state index in [1.165, 1.54) is 32.1 Å². The fourth-order valence-corrected chi connectivity index (χ4v) is 4.29. The summed E-state index contributed by atoms with van der Waals surface area (Å²) in [5, 5.41) is 1.01. The number of hydrogen-bond acceptors (Lipinski definition) is 2. The quantitative estimate of drug-likeness (QED) is 0.845. The lowest BCUT2D eigenvalue weighted by Crippen LogP contribution is -2.37. The minimum absolute atomic E-state index is 0.229. The molecule has 2 bridgehead atoms. The third-order valence-corrected chi connectivity index (χ3v) is 5.63. The number of nitrogens with zero attached hydrogens (tertiary/aromatic N) is 2. The number of para-hydroxylation sites is 1. The Labute approximate surface area is 130 Å². The van der Waals surface area contributed by atoms with E-state index in [1.807, 2.05) is 24.3 Å². The van der Waals surface area contributed by atoms with Gasteiger partial charge in [0.2, 0.25) is 0 Å². The van der Waals surface area contributed by atoms with Crippen LogP contribution in [0.5, 0.6) is 0 Å². The lowest BCUT2D eigenvalue weighted by Gasteiger charge is -2.27. The zero-order valence-electron chi connectivity index (χ0n) is 12.7. The molecule has 22 heavy (non-hydrogen) atoms. The molecule has 1 aromatic carbocycles. The molecule has 0 spiro atoms. The summed E-state index contributed by atoms with van der Waals surface area (Å²) < 4.78 is 0. The minimum Gasteiger partial charge on any atom is -0.335 e. The summed E-state index contributed by atoms with van der Waals surface area (Å²) in [7, 11) is 0. The number of likely N-dealkylation sites (tertiary alicyclic amines) is 1. The van der Waals surface area contributed by atoms with E-state index in [2.05, 4.69) is 11.0 Å². The predicted octanol–water partition coefficient (Wildman–Crippen LogP) is 3.74. The Bertz CT molecular complexity index is 765. The number of pyridine rings is 1. The highest BCUT2D eigenvalue weighted by Gasteiger charge is 2.41. The molecule has 3 fully saturated rings. The van der Waals surface area contributed by atoms with Crippen LogP contribution >= 0.6 is 0 Å². The van der Waals surface area contributed by atoms with Gasteiger partial charge in [-0.2, -0.15) is 0 Å². The Kier molecular flexibility index (Phi) is 2.61. The molecule has 5 rings (SSSR count). The Morgan fingerprint density at radius 2 is 2.00 bits per heavy atom. The van der Waals surface area contributed by atoms with Gasteiger partial charge in [-0.25, -0.2) is 0 Å². The summed E-state index contributed by atoms with van der Waals surface area (Å²) in [5.41, 5.74) is 2.96. The number of hydrogen-bond donors (Lipinski definition) is 0. The van der Waals surface area contributed by atoms with Crippen molar-refractivity contribution in [1.29, 1.82) is 0 Å². The summed E-state index contributed by atoms with van der Waals surface area (Å²) in [6.07, 6.45) is 6.14. The van der Waals surface area contributed by atoms with Gasteiger partial charge in [0, 0.05) is 29.6 Å². The number of carbonyl (C=O) groups is 1. The molecule has 3 aliphatic rings. The van der Waals surface area contributed by atoms with E-state index >= 15 is 0 Å². The van der Waals surface area contributed by atoms with Gasteiger partial charge < -0.3 is 4.90 Å². The summed E-state index contributed by atoms with van der Waals surface area (Å²) in [4.78, 5) is 20.1. The van der Waals surface area contributed by atoms with Crippen LogP contribution in [0.2, 0.25) is 0 Å². The molecule has 0 radical (unpaired) electrons. The highest BCUT2D eigenvalue weighted by molar-refractivity contribution is 6.06. The third-order valence-electron chi connectivity index (χ3n) is 5.63. The Morgan fingerprint density at radius 1 is 1.14 bits per heavy atom. The van der Waals surface area contributed by atoms with Gasteiger partial charge in [0.25, 0.3) is 5.91 Å². The van der Waals surface area contributed by atoms with Crippen LogP contribution in [0.25, 0.3) is 10.9 Å². The molecule has 0 N–H and O–H groups in total. The van der Waals surface area contributed by atoms with Crippen molar-refractivity contribution in [3.8, 4) is 0 Å². The first-order chi connectivity index (χ1) is 10.8. The van der Waals surface area contributed by atoms with Crippen molar-refractivity contribution in [3.05, 3.63) is 41.6 Å². The summed E-state index contributed by atoms with van der Waals surface area (Å²) in [6.45, 7) is 0.957. The average Bonchev–Trinajstić information content (AvgIpc) is 3.20. The third kappa shape index (κ3) is 1.88. The molecule has 3 nitrogen and oxygen atoms in total. The van der Waals surface area contributed by atoms with Crippen molar-refractivity contribution in [1.82, 2.24) is 9.88 Å². The van der Waals surface area contributed by atoms with Crippen LogP contribution in [-0.4, -0.2) is 28.4 Å². The number of rotatable bonds is 2. The van der Waals surface area contributed by atoms with Crippen LogP contribution in [0, 0.1) is 5.92 Å². The van der Waals surface area contributed by atoms with Crippen molar-refractivity contribution >= 4 is 16.8 Å². The van der Waals surface area contributed by atoms with E-state index in [-0.39, 0.29) is 5.91 Å². The first-order valence-corrected chi connectivity index (χ1v) is 8.50. The second-order valence-electron chi connectivity index (χ2n) is 7.18.